The Morgan fingerprint density at radius 3 is 2.69 bits per heavy atom. The van der Waals surface area contributed by atoms with Gasteiger partial charge in [0.2, 0.25) is 5.75 Å². The molecule has 5 heteroatoms. The SMILES string of the molecule is CCOc1cc(O)ccc1OOC(=O)CC. The highest BCUT2D eigenvalue weighted by atomic mass is 17.2. The lowest BCUT2D eigenvalue weighted by Crippen LogP contribution is -2.07. The van der Waals surface area contributed by atoms with E-state index >= 15 is 0 Å². The molecular formula is C11H14O5. The van der Waals surface area contributed by atoms with Crippen molar-refractivity contribution in [3.63, 3.8) is 0 Å². The number of phenols is 1. The third kappa shape index (κ3) is 3.34. The van der Waals surface area contributed by atoms with E-state index in [0.29, 0.717) is 12.4 Å². The first-order valence-electron chi connectivity index (χ1n) is 5.00. The van der Waals surface area contributed by atoms with Crippen LogP contribution in [0.5, 0.6) is 17.2 Å². The van der Waals surface area contributed by atoms with Crippen LogP contribution >= 0.6 is 0 Å². The monoisotopic (exact) mass is 226 g/mol. The van der Waals surface area contributed by atoms with Gasteiger partial charge >= 0.3 is 5.97 Å². The van der Waals surface area contributed by atoms with E-state index in [1.54, 1.807) is 13.8 Å². The summed E-state index contributed by atoms with van der Waals surface area (Å²) in [5, 5.41) is 9.24. The lowest BCUT2D eigenvalue weighted by molar-refractivity contribution is -0.213. The Hall–Kier alpha value is -1.91. The fraction of sp³-hybridized carbons (Fsp3) is 0.364. The minimum atomic E-state index is -0.476. The first kappa shape index (κ1) is 12.2. The zero-order valence-corrected chi connectivity index (χ0v) is 9.23. The summed E-state index contributed by atoms with van der Waals surface area (Å²) >= 11 is 0. The van der Waals surface area contributed by atoms with Crippen molar-refractivity contribution in [1.82, 2.24) is 0 Å². The Balaban J connectivity index is 2.73. The summed E-state index contributed by atoms with van der Waals surface area (Å²) in [5.41, 5.74) is 0. The first-order chi connectivity index (χ1) is 7.67. The van der Waals surface area contributed by atoms with Crippen molar-refractivity contribution < 1.29 is 24.4 Å². The van der Waals surface area contributed by atoms with E-state index in [2.05, 4.69) is 4.89 Å². The van der Waals surface area contributed by atoms with Crippen LogP contribution in [0.2, 0.25) is 0 Å². The third-order valence-corrected chi connectivity index (χ3v) is 1.74. The van der Waals surface area contributed by atoms with Gasteiger partial charge < -0.3 is 9.84 Å². The smallest absolute Gasteiger partial charge is 0.355 e. The number of rotatable bonds is 5. The van der Waals surface area contributed by atoms with E-state index in [0.717, 1.165) is 0 Å². The van der Waals surface area contributed by atoms with Crippen molar-refractivity contribution in [2.24, 2.45) is 0 Å². The quantitative estimate of drug-likeness (QED) is 0.614. The third-order valence-electron chi connectivity index (χ3n) is 1.74. The summed E-state index contributed by atoms with van der Waals surface area (Å²) in [4.78, 5) is 20.2. The molecule has 0 aromatic heterocycles. The van der Waals surface area contributed by atoms with Crippen LogP contribution in [0, 0.1) is 0 Å². The number of hydrogen-bond donors (Lipinski definition) is 1. The normalized spacial score (nSPS) is 9.62. The molecule has 0 aliphatic carbocycles. The Kier molecular flexibility index (Phi) is 4.44. The van der Waals surface area contributed by atoms with Crippen LogP contribution < -0.4 is 9.62 Å². The fourth-order valence-corrected chi connectivity index (χ4v) is 0.984. The van der Waals surface area contributed by atoms with Crippen LogP contribution in [-0.4, -0.2) is 17.7 Å². The molecule has 1 aromatic rings. The topological polar surface area (TPSA) is 65.0 Å². The summed E-state index contributed by atoms with van der Waals surface area (Å²) in [6.07, 6.45) is 0.224. The van der Waals surface area contributed by atoms with Gasteiger partial charge in [-0.25, -0.2) is 4.79 Å². The van der Waals surface area contributed by atoms with Gasteiger partial charge in [-0.05, 0) is 19.1 Å². The molecule has 0 saturated heterocycles. The van der Waals surface area contributed by atoms with Crippen LogP contribution in [0.1, 0.15) is 20.3 Å². The molecule has 1 aromatic carbocycles. The number of carbonyl (C=O) groups is 1. The number of phenolic OH excluding ortho intramolecular Hbond substituents is 1. The molecule has 0 saturated carbocycles. The molecule has 16 heavy (non-hydrogen) atoms. The van der Waals surface area contributed by atoms with Crippen LogP contribution in [0.15, 0.2) is 18.2 Å². The molecule has 0 spiro atoms. The maximum Gasteiger partial charge on any atom is 0.355 e. The Bertz CT molecular complexity index is 361. The van der Waals surface area contributed by atoms with Crippen molar-refractivity contribution in [3.05, 3.63) is 18.2 Å². The highest BCUT2D eigenvalue weighted by molar-refractivity contribution is 5.68. The summed E-state index contributed by atoms with van der Waals surface area (Å²) in [7, 11) is 0. The van der Waals surface area contributed by atoms with E-state index in [1.165, 1.54) is 18.2 Å². The van der Waals surface area contributed by atoms with Crippen molar-refractivity contribution in [2.75, 3.05) is 6.61 Å². The molecule has 1 rings (SSSR count). The van der Waals surface area contributed by atoms with Crippen LogP contribution in [0.25, 0.3) is 0 Å². The minimum absolute atomic E-state index is 0.0534. The maximum atomic E-state index is 10.9. The van der Waals surface area contributed by atoms with Crippen molar-refractivity contribution in [2.45, 2.75) is 20.3 Å². The van der Waals surface area contributed by atoms with Crippen molar-refractivity contribution >= 4 is 5.97 Å². The molecule has 0 aliphatic rings. The Morgan fingerprint density at radius 2 is 2.06 bits per heavy atom. The molecule has 88 valence electrons. The van der Waals surface area contributed by atoms with Gasteiger partial charge in [-0.15, -0.1) is 0 Å². The van der Waals surface area contributed by atoms with Gasteiger partial charge in [0.05, 0.1) is 6.61 Å². The van der Waals surface area contributed by atoms with Gasteiger partial charge in [-0.1, -0.05) is 6.92 Å². The maximum absolute atomic E-state index is 10.9. The molecule has 1 N–H and O–H groups in total. The molecule has 0 fully saturated rings. The van der Waals surface area contributed by atoms with E-state index in [9.17, 15) is 9.90 Å². The van der Waals surface area contributed by atoms with Gasteiger partial charge in [0.1, 0.15) is 5.75 Å². The number of carbonyl (C=O) groups excluding carboxylic acids is 1. The highest BCUT2D eigenvalue weighted by Gasteiger charge is 2.09. The first-order valence-corrected chi connectivity index (χ1v) is 5.00. The number of benzene rings is 1. The van der Waals surface area contributed by atoms with E-state index in [1.807, 2.05) is 0 Å². The lowest BCUT2D eigenvalue weighted by atomic mass is 10.3. The van der Waals surface area contributed by atoms with Crippen LogP contribution in [0.4, 0.5) is 0 Å². The second-order valence-electron chi connectivity index (χ2n) is 2.96. The molecule has 0 unspecified atom stereocenters. The van der Waals surface area contributed by atoms with Gasteiger partial charge in [0.25, 0.3) is 0 Å². The molecule has 0 amide bonds. The molecule has 0 heterocycles. The standard InChI is InChI=1S/C11H14O5/c1-3-11(13)16-15-9-6-5-8(12)7-10(9)14-4-2/h5-7,12H,3-4H2,1-2H3. The van der Waals surface area contributed by atoms with Gasteiger partial charge in [-0.3, -0.25) is 9.78 Å². The predicted octanol–water partition coefficient (Wildman–Crippen LogP) is 2.04. The van der Waals surface area contributed by atoms with E-state index in [-0.39, 0.29) is 17.9 Å². The fourth-order valence-electron chi connectivity index (χ4n) is 0.984. The van der Waals surface area contributed by atoms with Gasteiger partial charge in [0, 0.05) is 12.5 Å². The largest absolute Gasteiger partial charge is 0.508 e. The number of hydrogen-bond acceptors (Lipinski definition) is 5. The van der Waals surface area contributed by atoms with Crippen molar-refractivity contribution in [3.8, 4) is 17.2 Å². The van der Waals surface area contributed by atoms with Crippen molar-refractivity contribution in [1.29, 1.82) is 0 Å². The number of aromatic hydroxyl groups is 1. The molecular weight excluding hydrogens is 212 g/mol. The molecule has 0 atom stereocenters. The van der Waals surface area contributed by atoms with Gasteiger partial charge in [-0.2, -0.15) is 0 Å². The molecule has 0 radical (unpaired) electrons. The van der Waals surface area contributed by atoms with Crippen LogP contribution in [0.3, 0.4) is 0 Å². The second-order valence-corrected chi connectivity index (χ2v) is 2.96. The summed E-state index contributed by atoms with van der Waals surface area (Å²) in [5.74, 6) is 0.154. The second kappa shape index (κ2) is 5.85. The molecule has 0 aliphatic heterocycles. The zero-order valence-electron chi connectivity index (χ0n) is 9.23. The van der Waals surface area contributed by atoms with Crippen LogP contribution in [-0.2, 0) is 9.68 Å². The van der Waals surface area contributed by atoms with E-state index < -0.39 is 5.97 Å². The Labute approximate surface area is 93.5 Å². The molecule has 5 nitrogen and oxygen atoms in total. The summed E-state index contributed by atoms with van der Waals surface area (Å²) in [6, 6.07) is 4.26. The minimum Gasteiger partial charge on any atom is -0.508 e. The average Bonchev–Trinajstić information content (AvgIpc) is 2.28. The average molecular weight is 226 g/mol. The Morgan fingerprint density at radius 1 is 1.31 bits per heavy atom. The number of ether oxygens (including phenoxy) is 1. The zero-order chi connectivity index (χ0) is 12.0. The van der Waals surface area contributed by atoms with Gasteiger partial charge in [0.15, 0.2) is 5.75 Å². The lowest BCUT2D eigenvalue weighted by Gasteiger charge is -2.09. The van der Waals surface area contributed by atoms with E-state index in [4.69, 9.17) is 9.62 Å². The summed E-state index contributed by atoms with van der Waals surface area (Å²) < 4.78 is 5.21. The molecule has 0 bridgehead atoms. The predicted molar refractivity (Wildman–Crippen MR) is 56.3 cm³/mol. The summed E-state index contributed by atoms with van der Waals surface area (Å²) in [6.45, 7) is 3.87. The highest BCUT2D eigenvalue weighted by Crippen LogP contribution is 2.31.